The van der Waals surface area contributed by atoms with Gasteiger partial charge in [-0.15, -0.1) is 9.60 Å². The van der Waals surface area contributed by atoms with Gasteiger partial charge in [0.15, 0.2) is 5.69 Å². The van der Waals surface area contributed by atoms with Crippen LogP contribution >= 0.6 is 0 Å². The van der Waals surface area contributed by atoms with E-state index in [1.807, 2.05) is 48.5 Å². The van der Waals surface area contributed by atoms with Crippen molar-refractivity contribution in [3.63, 3.8) is 0 Å². The third-order valence-electron chi connectivity index (χ3n) is 10.0. The molecule has 1 saturated heterocycles. The number of urea groups is 1. The van der Waals surface area contributed by atoms with Gasteiger partial charge in [-0.1, -0.05) is 145 Å². The molecule has 1 fully saturated rings. The van der Waals surface area contributed by atoms with Gasteiger partial charge in [-0.25, -0.2) is 14.6 Å². The van der Waals surface area contributed by atoms with Gasteiger partial charge in [-0.3, -0.25) is 9.69 Å². The highest BCUT2D eigenvalue weighted by Gasteiger charge is 2.67. The van der Waals surface area contributed by atoms with Gasteiger partial charge < -0.3 is 5.73 Å². The second kappa shape index (κ2) is 16.0. The largest absolute Gasteiger partial charge is 0.391 e. The van der Waals surface area contributed by atoms with E-state index >= 15 is 0 Å². The summed E-state index contributed by atoms with van der Waals surface area (Å²) in [6.45, 7) is 4.33. The predicted octanol–water partition coefficient (Wildman–Crippen LogP) is 7.85. The highest BCUT2D eigenvalue weighted by atomic mass is 16.3. The highest BCUT2D eigenvalue weighted by Crippen LogP contribution is 2.47. The third-order valence-corrected chi connectivity index (χ3v) is 10.0. The van der Waals surface area contributed by atoms with Crippen molar-refractivity contribution in [3.05, 3.63) is 59.7 Å². The Morgan fingerprint density at radius 2 is 1.36 bits per heavy atom. The summed E-state index contributed by atoms with van der Waals surface area (Å²) in [5.41, 5.74) is 9.64. The number of anilines is 1. The quantitative estimate of drug-likeness (QED) is 0.124. The number of quaternary nitrogens is 1. The lowest BCUT2D eigenvalue weighted by Crippen LogP contribution is -2.68. The Bertz CT molecular complexity index is 1430. The van der Waals surface area contributed by atoms with E-state index < -0.39 is 28.7 Å². The van der Waals surface area contributed by atoms with Crippen LogP contribution in [-0.2, 0) is 9.59 Å². The maximum absolute atomic E-state index is 14.4. The molecule has 2 aromatic rings. The van der Waals surface area contributed by atoms with Crippen LogP contribution in [0.15, 0.2) is 53.5 Å². The van der Waals surface area contributed by atoms with Crippen molar-refractivity contribution in [2.75, 3.05) is 18.5 Å². The summed E-state index contributed by atoms with van der Waals surface area (Å²) in [6, 6.07) is 14.1. The zero-order chi connectivity index (χ0) is 33.4. The fraction of sp³-hybridized carbons (Fsp3) is 0.579. The van der Waals surface area contributed by atoms with E-state index in [2.05, 4.69) is 6.92 Å². The van der Waals surface area contributed by atoms with Crippen LogP contribution in [0.2, 0.25) is 0 Å². The molecule has 3 atom stereocenters. The molecular weight excluding hydrogens is 588 g/mol. The number of nitrogens with zero attached hydrogens (tertiary/aromatic N) is 5. The Morgan fingerprint density at radius 3 is 1.91 bits per heavy atom. The SMILES string of the molecule is CCCCCCCCCCCCCCCCCCN1C(=O)N2C3N=C(c4ccccc4)c4c1cccc4[N@+](C)(C3=O)N2C(=O)[C@H](C)N. The number of unbranched alkanes of at least 4 members (excludes halogenated alkanes) is 15. The van der Waals surface area contributed by atoms with E-state index in [-0.39, 0.29) is 5.91 Å². The molecule has 4 amide bonds. The van der Waals surface area contributed by atoms with Crippen molar-refractivity contribution in [1.82, 2.24) is 14.7 Å². The third kappa shape index (κ3) is 7.16. The topological polar surface area (TPSA) is 99.3 Å². The van der Waals surface area contributed by atoms with Crippen molar-refractivity contribution in [3.8, 4) is 0 Å². The number of nitrogens with two attached hydrogens (primary N) is 1. The number of carbonyl (C=O) groups excluding carboxylic acids is 3. The lowest BCUT2D eigenvalue weighted by atomic mass is 9.96. The van der Waals surface area contributed by atoms with Crippen molar-refractivity contribution in [1.29, 1.82) is 0 Å². The first-order chi connectivity index (χ1) is 22.8. The second-order valence-corrected chi connectivity index (χ2v) is 13.7. The lowest BCUT2D eigenvalue weighted by molar-refractivity contribution is -0.166. The Labute approximate surface area is 281 Å². The van der Waals surface area contributed by atoms with E-state index in [1.165, 1.54) is 93.6 Å². The Kier molecular flexibility index (Phi) is 11.9. The first kappa shape index (κ1) is 34.8. The summed E-state index contributed by atoms with van der Waals surface area (Å²) in [6.07, 6.45) is 19.2. The van der Waals surface area contributed by atoms with Crippen LogP contribution in [0.1, 0.15) is 128 Å². The molecule has 2 N–H and O–H groups in total. The van der Waals surface area contributed by atoms with Crippen LogP contribution in [0.3, 0.4) is 0 Å². The average Bonchev–Trinajstić information content (AvgIpc) is 3.24. The number of rotatable bonds is 19. The molecule has 0 aliphatic carbocycles. The van der Waals surface area contributed by atoms with Gasteiger partial charge in [0.1, 0.15) is 7.05 Å². The molecule has 9 nitrogen and oxygen atoms in total. The number of hydrazine groups is 1. The number of likely N-dealkylation sites (N-methyl/N-ethyl adjacent to an activating group) is 1. The highest BCUT2D eigenvalue weighted by molar-refractivity contribution is 6.25. The number of hydrogen-bond donors (Lipinski definition) is 1. The maximum Gasteiger partial charge on any atom is 0.391 e. The average molecular weight is 644 g/mol. The van der Waals surface area contributed by atoms with Gasteiger partial charge in [0.05, 0.1) is 23.0 Å². The Hall–Kier alpha value is -3.56. The Balaban J connectivity index is 1.23. The molecule has 254 valence electrons. The maximum atomic E-state index is 14.4. The minimum atomic E-state index is -1.18. The van der Waals surface area contributed by atoms with Crippen molar-refractivity contribution in [2.24, 2.45) is 10.7 Å². The molecule has 4 heterocycles. The number of amides is 4. The van der Waals surface area contributed by atoms with E-state index in [1.54, 1.807) is 18.9 Å². The van der Waals surface area contributed by atoms with Gasteiger partial charge in [0.25, 0.3) is 6.17 Å². The molecule has 6 rings (SSSR count). The predicted molar refractivity (Wildman–Crippen MR) is 190 cm³/mol. The van der Waals surface area contributed by atoms with Gasteiger partial charge >= 0.3 is 17.8 Å². The first-order valence-electron chi connectivity index (χ1n) is 18.2. The molecule has 0 spiro atoms. The smallest absolute Gasteiger partial charge is 0.320 e. The number of benzene rings is 2. The first-order valence-corrected chi connectivity index (χ1v) is 18.2. The van der Waals surface area contributed by atoms with Crippen LogP contribution in [-0.4, -0.2) is 59.5 Å². The molecular formula is C38H55N6O3+. The van der Waals surface area contributed by atoms with Crippen LogP contribution in [0.4, 0.5) is 16.2 Å². The summed E-state index contributed by atoms with van der Waals surface area (Å²) < 4.78 is -0.507. The molecule has 47 heavy (non-hydrogen) atoms. The normalized spacial score (nSPS) is 20.5. The number of carbonyl (C=O) groups is 3. The van der Waals surface area contributed by atoms with Crippen molar-refractivity contribution in [2.45, 2.75) is 129 Å². The van der Waals surface area contributed by atoms with Gasteiger partial charge in [0.2, 0.25) is 0 Å². The molecule has 2 aromatic carbocycles. The van der Waals surface area contributed by atoms with Crippen LogP contribution in [0.25, 0.3) is 0 Å². The van der Waals surface area contributed by atoms with E-state index in [0.717, 1.165) is 24.8 Å². The fourth-order valence-corrected chi connectivity index (χ4v) is 7.34. The molecule has 4 aliphatic heterocycles. The molecule has 4 aliphatic rings. The van der Waals surface area contributed by atoms with Gasteiger partial charge in [-0.05, 0) is 19.4 Å². The number of fused-ring (bicyclic) bond motifs is 1. The minimum Gasteiger partial charge on any atom is -0.320 e. The summed E-state index contributed by atoms with van der Waals surface area (Å²) in [5.74, 6) is -0.864. The van der Waals surface area contributed by atoms with E-state index in [9.17, 15) is 14.4 Å². The van der Waals surface area contributed by atoms with Crippen LogP contribution < -0.4 is 15.2 Å². The zero-order valence-corrected chi connectivity index (χ0v) is 28.8. The fourth-order valence-electron chi connectivity index (χ4n) is 7.34. The Morgan fingerprint density at radius 1 is 0.809 bits per heavy atom. The van der Waals surface area contributed by atoms with Gasteiger partial charge in [-0.2, -0.15) is 0 Å². The summed E-state index contributed by atoms with van der Waals surface area (Å²) in [5, 5.41) is 2.50. The standard InChI is InChI=1S/C38H55N6O3/c1-4-5-6-7-8-9-10-11-12-13-14-15-16-17-18-22-28-41-31-26-23-27-32-33(31)34(30-24-20-19-21-25-30)40-35-37(46)44(32,3)43(36(45)29(2)39)42(35)38(41)47/h19-21,23-27,29,35H,4-18,22,28,39H2,1-3H3/q+1/t29-,35?,44+/m0/s1. The molecule has 0 saturated carbocycles. The minimum absolute atomic E-state index is 0.360. The van der Waals surface area contributed by atoms with E-state index in [0.29, 0.717) is 29.2 Å². The molecule has 1 unspecified atom stereocenters. The zero-order valence-electron chi connectivity index (χ0n) is 28.8. The summed E-state index contributed by atoms with van der Waals surface area (Å²) >= 11 is 0. The van der Waals surface area contributed by atoms with E-state index in [4.69, 9.17) is 10.7 Å². The second-order valence-electron chi connectivity index (χ2n) is 13.7. The van der Waals surface area contributed by atoms with Gasteiger partial charge in [0, 0.05) is 18.2 Å². The van der Waals surface area contributed by atoms with Crippen LogP contribution in [0.5, 0.6) is 0 Å². The summed E-state index contributed by atoms with van der Waals surface area (Å²) in [7, 11) is 1.67. The number of aliphatic imine (C=N–C) groups is 1. The molecule has 9 heteroatoms. The number of hydrogen-bond acceptors (Lipinski definition) is 5. The van der Waals surface area contributed by atoms with Crippen molar-refractivity contribution >= 4 is 34.9 Å². The lowest BCUT2D eigenvalue weighted by Gasteiger charge is -2.42. The summed E-state index contributed by atoms with van der Waals surface area (Å²) in [4.78, 5) is 48.9. The molecule has 0 aromatic heterocycles. The molecule has 6 bridgehead atoms. The van der Waals surface area contributed by atoms with Crippen molar-refractivity contribution < 1.29 is 14.4 Å². The molecule has 0 radical (unpaired) electrons. The monoisotopic (exact) mass is 643 g/mol. The van der Waals surface area contributed by atoms with Crippen LogP contribution in [0, 0.1) is 0 Å².